The van der Waals surface area contributed by atoms with E-state index in [4.69, 9.17) is 9.84 Å². The van der Waals surface area contributed by atoms with E-state index in [0.717, 1.165) is 11.3 Å². The van der Waals surface area contributed by atoms with Gasteiger partial charge in [-0.1, -0.05) is 24.3 Å². The monoisotopic (exact) mass is 293 g/mol. The largest absolute Gasteiger partial charge is 0.491 e. The fourth-order valence-electron chi connectivity index (χ4n) is 1.95. The average molecular weight is 293 g/mol. The summed E-state index contributed by atoms with van der Waals surface area (Å²) in [6.45, 7) is 4.65. The van der Waals surface area contributed by atoms with Crippen LogP contribution in [0.15, 0.2) is 36.9 Å². The summed E-state index contributed by atoms with van der Waals surface area (Å²) in [5, 5.41) is 18.5. The minimum Gasteiger partial charge on any atom is -0.491 e. The summed E-state index contributed by atoms with van der Waals surface area (Å²) in [5.74, 6) is -0.101. The molecule has 1 unspecified atom stereocenters. The summed E-state index contributed by atoms with van der Waals surface area (Å²) in [6.07, 6.45) is 1.91. The molecule has 1 aromatic rings. The molecule has 0 amide bonds. The van der Waals surface area contributed by atoms with Gasteiger partial charge in [0.15, 0.2) is 0 Å². The highest BCUT2D eigenvalue weighted by atomic mass is 16.5. The van der Waals surface area contributed by atoms with Gasteiger partial charge in [-0.15, -0.1) is 6.58 Å². The number of hydrogen-bond acceptors (Lipinski definition) is 4. The zero-order chi connectivity index (χ0) is 15.7. The Morgan fingerprint density at radius 2 is 2.19 bits per heavy atom. The molecule has 0 aliphatic rings. The van der Waals surface area contributed by atoms with E-state index in [1.165, 1.54) is 0 Å². The molecule has 0 spiro atoms. The van der Waals surface area contributed by atoms with Crippen LogP contribution in [0.25, 0.3) is 0 Å². The van der Waals surface area contributed by atoms with Crippen molar-refractivity contribution in [2.75, 3.05) is 26.7 Å². The van der Waals surface area contributed by atoms with Crippen molar-refractivity contribution in [2.45, 2.75) is 18.9 Å². The van der Waals surface area contributed by atoms with Crippen LogP contribution in [0.2, 0.25) is 0 Å². The normalized spacial score (nSPS) is 12.1. The minimum atomic E-state index is -0.842. The van der Waals surface area contributed by atoms with E-state index in [1.54, 1.807) is 18.0 Å². The maximum absolute atomic E-state index is 10.5. The molecule has 1 aromatic carbocycles. The van der Waals surface area contributed by atoms with Crippen molar-refractivity contribution in [3.8, 4) is 5.75 Å². The van der Waals surface area contributed by atoms with Crippen molar-refractivity contribution in [3.05, 3.63) is 42.5 Å². The summed E-state index contributed by atoms with van der Waals surface area (Å²) >= 11 is 0. The summed E-state index contributed by atoms with van der Waals surface area (Å²) in [5.41, 5.74) is 1.03. The molecular formula is C16H23NO4. The number of rotatable bonds is 10. The highest BCUT2D eigenvalue weighted by Gasteiger charge is 2.11. The number of ether oxygens (including phenoxy) is 1. The molecule has 21 heavy (non-hydrogen) atoms. The quantitative estimate of drug-likeness (QED) is 0.641. The molecule has 0 heterocycles. The molecule has 0 saturated heterocycles. The van der Waals surface area contributed by atoms with Crippen LogP contribution in [0, 0.1) is 0 Å². The Kier molecular flexibility index (Phi) is 7.50. The molecule has 0 radical (unpaired) electrons. The predicted octanol–water partition coefficient (Wildman–Crippen LogP) is 1.56. The fourth-order valence-corrected chi connectivity index (χ4v) is 1.95. The molecule has 0 aliphatic heterocycles. The minimum absolute atomic E-state index is 0.0618. The van der Waals surface area contributed by atoms with Crippen molar-refractivity contribution in [1.29, 1.82) is 0 Å². The number of carboxylic acid groups (broad SMARTS) is 1. The van der Waals surface area contributed by atoms with E-state index in [0.29, 0.717) is 19.5 Å². The molecule has 0 bridgehead atoms. The molecule has 116 valence electrons. The first-order valence-corrected chi connectivity index (χ1v) is 6.93. The van der Waals surface area contributed by atoms with E-state index in [2.05, 4.69) is 6.58 Å². The van der Waals surface area contributed by atoms with Crippen molar-refractivity contribution in [1.82, 2.24) is 4.90 Å². The van der Waals surface area contributed by atoms with Gasteiger partial charge >= 0.3 is 5.97 Å². The van der Waals surface area contributed by atoms with Crippen LogP contribution in [0.1, 0.15) is 12.0 Å². The lowest BCUT2D eigenvalue weighted by Crippen LogP contribution is -2.34. The molecule has 2 N–H and O–H groups in total. The number of likely N-dealkylation sites (N-methyl/N-ethyl adjacent to an activating group) is 1. The highest BCUT2D eigenvalue weighted by Crippen LogP contribution is 2.18. The molecule has 0 saturated carbocycles. The fraction of sp³-hybridized carbons (Fsp3) is 0.438. The lowest BCUT2D eigenvalue weighted by atomic mass is 10.1. The van der Waals surface area contributed by atoms with E-state index in [9.17, 15) is 9.90 Å². The second-order valence-corrected chi connectivity index (χ2v) is 4.97. The zero-order valence-electron chi connectivity index (χ0n) is 12.4. The van der Waals surface area contributed by atoms with Gasteiger partial charge in [0.2, 0.25) is 0 Å². The maximum atomic E-state index is 10.5. The van der Waals surface area contributed by atoms with Crippen LogP contribution in [-0.2, 0) is 11.2 Å². The molecule has 0 fully saturated rings. The van der Waals surface area contributed by atoms with Gasteiger partial charge in [-0.05, 0) is 25.1 Å². The Balaban J connectivity index is 2.40. The van der Waals surface area contributed by atoms with Gasteiger partial charge in [0, 0.05) is 13.1 Å². The number of nitrogens with zero attached hydrogens (tertiary/aromatic N) is 1. The smallest absolute Gasteiger partial charge is 0.304 e. The van der Waals surface area contributed by atoms with Crippen molar-refractivity contribution < 1.29 is 19.7 Å². The zero-order valence-corrected chi connectivity index (χ0v) is 12.4. The van der Waals surface area contributed by atoms with Gasteiger partial charge in [-0.2, -0.15) is 0 Å². The number of hydrogen-bond donors (Lipinski definition) is 2. The molecule has 0 aromatic heterocycles. The molecule has 5 heteroatoms. The third kappa shape index (κ3) is 6.92. The number of benzene rings is 1. The molecular weight excluding hydrogens is 270 g/mol. The van der Waals surface area contributed by atoms with Gasteiger partial charge in [-0.3, -0.25) is 4.79 Å². The molecule has 0 aliphatic carbocycles. The van der Waals surface area contributed by atoms with Gasteiger partial charge in [0.05, 0.1) is 6.42 Å². The van der Waals surface area contributed by atoms with E-state index < -0.39 is 12.1 Å². The lowest BCUT2D eigenvalue weighted by molar-refractivity contribution is -0.137. The van der Waals surface area contributed by atoms with Crippen LogP contribution in [-0.4, -0.2) is 53.9 Å². The Hall–Kier alpha value is -1.85. The SMILES string of the molecule is C=CCc1ccccc1OCC(O)CN(C)CCC(=O)O. The standard InChI is InChI=1S/C16H23NO4/c1-3-6-13-7-4-5-8-15(13)21-12-14(18)11-17(2)10-9-16(19)20/h3-5,7-8,14,18H,1,6,9-12H2,2H3,(H,19,20). The van der Waals surface area contributed by atoms with Crippen LogP contribution in [0.5, 0.6) is 5.75 Å². The van der Waals surface area contributed by atoms with E-state index >= 15 is 0 Å². The first-order valence-electron chi connectivity index (χ1n) is 6.93. The molecule has 5 nitrogen and oxygen atoms in total. The number of aliphatic hydroxyl groups is 1. The lowest BCUT2D eigenvalue weighted by Gasteiger charge is -2.20. The van der Waals surface area contributed by atoms with E-state index in [-0.39, 0.29) is 13.0 Å². The number of carboxylic acids is 1. The van der Waals surface area contributed by atoms with Gasteiger partial charge in [0.1, 0.15) is 18.5 Å². The van der Waals surface area contributed by atoms with Crippen LogP contribution >= 0.6 is 0 Å². The number of carbonyl (C=O) groups is 1. The second-order valence-electron chi connectivity index (χ2n) is 4.97. The topological polar surface area (TPSA) is 70.0 Å². The first kappa shape index (κ1) is 17.2. The van der Waals surface area contributed by atoms with Gasteiger partial charge in [-0.25, -0.2) is 0 Å². The first-order chi connectivity index (χ1) is 10.0. The summed E-state index contributed by atoms with van der Waals surface area (Å²) in [6, 6.07) is 7.64. The third-order valence-corrected chi connectivity index (χ3v) is 3.00. The van der Waals surface area contributed by atoms with Crippen LogP contribution in [0.4, 0.5) is 0 Å². The average Bonchev–Trinajstić information content (AvgIpc) is 2.44. The van der Waals surface area contributed by atoms with Gasteiger partial charge < -0.3 is 19.8 Å². The van der Waals surface area contributed by atoms with Gasteiger partial charge in [0.25, 0.3) is 0 Å². The van der Waals surface area contributed by atoms with Crippen molar-refractivity contribution in [2.24, 2.45) is 0 Å². The second kappa shape index (κ2) is 9.15. The summed E-state index contributed by atoms with van der Waals surface area (Å²) < 4.78 is 5.64. The van der Waals surface area contributed by atoms with Crippen LogP contribution in [0.3, 0.4) is 0 Å². The highest BCUT2D eigenvalue weighted by molar-refractivity contribution is 5.66. The van der Waals surface area contributed by atoms with Crippen LogP contribution < -0.4 is 4.74 Å². The Morgan fingerprint density at radius 3 is 2.86 bits per heavy atom. The number of aliphatic hydroxyl groups excluding tert-OH is 1. The number of allylic oxidation sites excluding steroid dienone is 1. The summed E-state index contributed by atoms with van der Waals surface area (Å²) in [4.78, 5) is 12.3. The maximum Gasteiger partial charge on any atom is 0.304 e. The third-order valence-electron chi connectivity index (χ3n) is 3.00. The number of para-hydroxylation sites is 1. The Labute approximate surface area is 125 Å². The molecule has 1 atom stereocenters. The number of aliphatic carboxylic acids is 1. The Bertz CT molecular complexity index is 461. The van der Waals surface area contributed by atoms with Crippen molar-refractivity contribution in [3.63, 3.8) is 0 Å². The Morgan fingerprint density at radius 1 is 1.48 bits per heavy atom. The van der Waals surface area contributed by atoms with E-state index in [1.807, 2.05) is 24.3 Å². The van der Waals surface area contributed by atoms with Crippen molar-refractivity contribution >= 4 is 5.97 Å². The molecule has 1 rings (SSSR count). The summed E-state index contributed by atoms with van der Waals surface area (Å²) in [7, 11) is 1.78. The predicted molar refractivity (Wildman–Crippen MR) is 81.6 cm³/mol.